The van der Waals surface area contributed by atoms with Gasteiger partial charge in [0, 0.05) is 57.5 Å². The predicted molar refractivity (Wildman–Crippen MR) is 134 cm³/mol. The number of hydrogen-bond donors (Lipinski definition) is 1. The van der Waals surface area contributed by atoms with E-state index >= 15 is 0 Å². The molecule has 1 fully saturated rings. The molecule has 0 atom stereocenters. The molecule has 10 heteroatoms. The zero-order valence-electron chi connectivity index (χ0n) is 20.1. The fraction of sp³-hybridized carbons (Fsp3) is 0.400. The Hall–Kier alpha value is -3.63. The second-order valence-corrected chi connectivity index (χ2v) is 7.99. The van der Waals surface area contributed by atoms with Gasteiger partial charge >= 0.3 is 6.03 Å². The molecule has 10 nitrogen and oxygen atoms in total. The van der Waals surface area contributed by atoms with Crippen LogP contribution in [0.25, 0.3) is 10.9 Å². The lowest BCUT2D eigenvalue weighted by Crippen LogP contribution is -2.50. The number of anilines is 2. The quantitative estimate of drug-likeness (QED) is 0.441. The minimum Gasteiger partial charge on any atom is -0.491 e. The first-order chi connectivity index (χ1) is 17.2. The van der Waals surface area contributed by atoms with Gasteiger partial charge in [0.2, 0.25) is 0 Å². The first kappa shape index (κ1) is 24.5. The fourth-order valence-electron chi connectivity index (χ4n) is 3.81. The van der Waals surface area contributed by atoms with Crippen LogP contribution in [0.1, 0.15) is 0 Å². The largest absolute Gasteiger partial charge is 0.491 e. The minimum absolute atomic E-state index is 0.122. The smallest absolute Gasteiger partial charge is 0.321 e. The predicted octanol–water partition coefficient (Wildman–Crippen LogP) is 3.03. The topological polar surface area (TPSA) is 98.3 Å². The van der Waals surface area contributed by atoms with Crippen molar-refractivity contribution >= 4 is 28.4 Å². The van der Waals surface area contributed by atoms with E-state index in [1.54, 1.807) is 20.5 Å². The van der Waals surface area contributed by atoms with E-state index in [-0.39, 0.29) is 6.03 Å². The maximum absolute atomic E-state index is 12.8. The van der Waals surface area contributed by atoms with Gasteiger partial charge in [-0.15, -0.1) is 0 Å². The summed E-state index contributed by atoms with van der Waals surface area (Å²) in [7, 11) is 3.28. The SMILES string of the molecule is COCCOc1ccc(NC(=O)N2CCN(c3ncnc4cc(OCCOC)ccc34)CC2)cc1. The lowest BCUT2D eigenvalue weighted by atomic mass is 10.2. The van der Waals surface area contributed by atoms with Crippen LogP contribution in [0.2, 0.25) is 0 Å². The zero-order chi connectivity index (χ0) is 24.5. The Balaban J connectivity index is 1.32. The number of fused-ring (bicyclic) bond motifs is 1. The Labute approximate surface area is 204 Å². The van der Waals surface area contributed by atoms with Crippen molar-refractivity contribution in [2.75, 3.05) is 77.0 Å². The van der Waals surface area contributed by atoms with E-state index < -0.39 is 0 Å². The summed E-state index contributed by atoms with van der Waals surface area (Å²) in [5.41, 5.74) is 1.54. The Morgan fingerprint density at radius 1 is 0.857 bits per heavy atom. The number of carbonyl (C=O) groups is 1. The first-order valence-corrected chi connectivity index (χ1v) is 11.6. The molecule has 2 amide bonds. The number of ether oxygens (including phenoxy) is 4. The molecule has 0 unspecified atom stereocenters. The summed E-state index contributed by atoms with van der Waals surface area (Å²) < 4.78 is 21.3. The third-order valence-corrected chi connectivity index (χ3v) is 5.67. The van der Waals surface area contributed by atoms with Gasteiger partial charge in [0.1, 0.15) is 36.9 Å². The third kappa shape index (κ3) is 6.49. The Morgan fingerprint density at radius 3 is 2.20 bits per heavy atom. The summed E-state index contributed by atoms with van der Waals surface area (Å²) in [5, 5.41) is 3.91. The van der Waals surface area contributed by atoms with E-state index in [2.05, 4.69) is 20.2 Å². The molecule has 186 valence electrons. The summed E-state index contributed by atoms with van der Waals surface area (Å²) in [4.78, 5) is 25.7. The average Bonchev–Trinajstić information content (AvgIpc) is 2.89. The summed E-state index contributed by atoms with van der Waals surface area (Å²) in [6.07, 6.45) is 1.57. The number of aromatic nitrogens is 2. The molecule has 1 aromatic heterocycles. The average molecular weight is 482 g/mol. The normalized spacial score (nSPS) is 13.7. The van der Waals surface area contributed by atoms with Gasteiger partial charge in [0.25, 0.3) is 0 Å². The van der Waals surface area contributed by atoms with Gasteiger partial charge < -0.3 is 34.1 Å². The number of hydrogen-bond acceptors (Lipinski definition) is 8. The van der Waals surface area contributed by atoms with Crippen LogP contribution in [0.15, 0.2) is 48.8 Å². The maximum Gasteiger partial charge on any atom is 0.321 e. The van der Waals surface area contributed by atoms with Crippen molar-refractivity contribution in [3.05, 3.63) is 48.8 Å². The van der Waals surface area contributed by atoms with Gasteiger partial charge in [0.15, 0.2) is 0 Å². The van der Waals surface area contributed by atoms with E-state index in [1.165, 1.54) is 0 Å². The van der Waals surface area contributed by atoms with Crippen LogP contribution in [-0.4, -0.2) is 87.7 Å². The number of piperazine rings is 1. The fourth-order valence-corrected chi connectivity index (χ4v) is 3.81. The van der Waals surface area contributed by atoms with Crippen molar-refractivity contribution < 1.29 is 23.7 Å². The number of urea groups is 1. The molecule has 0 radical (unpaired) electrons. The van der Waals surface area contributed by atoms with E-state index in [0.29, 0.717) is 52.6 Å². The highest BCUT2D eigenvalue weighted by molar-refractivity contribution is 5.91. The number of nitrogens with zero attached hydrogens (tertiary/aromatic N) is 4. The molecule has 1 aliphatic rings. The minimum atomic E-state index is -0.122. The van der Waals surface area contributed by atoms with Gasteiger partial charge in [0.05, 0.1) is 18.7 Å². The van der Waals surface area contributed by atoms with E-state index in [9.17, 15) is 4.79 Å². The van der Waals surface area contributed by atoms with Crippen molar-refractivity contribution in [2.24, 2.45) is 0 Å². The van der Waals surface area contributed by atoms with Crippen LogP contribution in [0, 0.1) is 0 Å². The molecule has 0 spiro atoms. The number of nitrogens with one attached hydrogen (secondary N) is 1. The summed E-state index contributed by atoms with van der Waals surface area (Å²) in [6.45, 7) is 4.56. The molecule has 0 saturated carbocycles. The molecule has 35 heavy (non-hydrogen) atoms. The number of carbonyl (C=O) groups excluding carboxylic acids is 1. The maximum atomic E-state index is 12.8. The van der Waals surface area contributed by atoms with Crippen molar-refractivity contribution in [1.82, 2.24) is 14.9 Å². The first-order valence-electron chi connectivity index (χ1n) is 11.6. The molecule has 1 saturated heterocycles. The number of benzene rings is 2. The highest BCUT2D eigenvalue weighted by Crippen LogP contribution is 2.27. The van der Waals surface area contributed by atoms with E-state index in [4.69, 9.17) is 18.9 Å². The lowest BCUT2D eigenvalue weighted by molar-refractivity contribution is 0.146. The molecular weight excluding hydrogens is 450 g/mol. The molecule has 3 aromatic rings. The van der Waals surface area contributed by atoms with Gasteiger partial charge in [-0.05, 0) is 36.4 Å². The van der Waals surface area contributed by atoms with Crippen LogP contribution < -0.4 is 19.7 Å². The van der Waals surface area contributed by atoms with Gasteiger partial charge in [-0.2, -0.15) is 0 Å². The van der Waals surface area contributed by atoms with Crippen molar-refractivity contribution in [3.8, 4) is 11.5 Å². The molecule has 1 aliphatic heterocycles. The van der Waals surface area contributed by atoms with Crippen molar-refractivity contribution in [3.63, 3.8) is 0 Å². The zero-order valence-corrected chi connectivity index (χ0v) is 20.1. The van der Waals surface area contributed by atoms with Crippen LogP contribution in [0.5, 0.6) is 11.5 Å². The van der Waals surface area contributed by atoms with E-state index in [1.807, 2.05) is 47.4 Å². The van der Waals surface area contributed by atoms with Crippen LogP contribution in [0.4, 0.5) is 16.3 Å². The summed E-state index contributed by atoms with van der Waals surface area (Å²) >= 11 is 0. The Bertz CT molecular complexity index is 1100. The van der Waals surface area contributed by atoms with Gasteiger partial charge in [-0.3, -0.25) is 0 Å². The second-order valence-electron chi connectivity index (χ2n) is 7.99. The third-order valence-electron chi connectivity index (χ3n) is 5.67. The van der Waals surface area contributed by atoms with Gasteiger partial charge in [-0.25, -0.2) is 14.8 Å². The van der Waals surface area contributed by atoms with Crippen LogP contribution in [0.3, 0.4) is 0 Å². The molecule has 4 rings (SSSR count). The van der Waals surface area contributed by atoms with Crippen LogP contribution >= 0.6 is 0 Å². The van der Waals surface area contributed by atoms with Crippen LogP contribution in [-0.2, 0) is 9.47 Å². The molecule has 2 heterocycles. The van der Waals surface area contributed by atoms with Crippen molar-refractivity contribution in [2.45, 2.75) is 0 Å². The summed E-state index contributed by atoms with van der Waals surface area (Å²) in [5.74, 6) is 2.34. The molecular formula is C25H31N5O5. The van der Waals surface area contributed by atoms with Gasteiger partial charge in [-0.1, -0.05) is 0 Å². The number of methoxy groups -OCH3 is 2. The Kier molecular flexibility index (Phi) is 8.53. The lowest BCUT2D eigenvalue weighted by Gasteiger charge is -2.35. The number of amides is 2. The molecule has 0 aliphatic carbocycles. The monoisotopic (exact) mass is 481 g/mol. The summed E-state index contributed by atoms with van der Waals surface area (Å²) in [6, 6.07) is 13.0. The molecule has 0 bridgehead atoms. The number of rotatable bonds is 10. The highest BCUT2D eigenvalue weighted by atomic mass is 16.5. The highest BCUT2D eigenvalue weighted by Gasteiger charge is 2.23. The van der Waals surface area contributed by atoms with E-state index in [0.717, 1.165) is 33.9 Å². The standard InChI is InChI=1S/C25H31N5O5/c1-32-13-15-34-20-5-3-19(4-6-20)28-25(31)30-11-9-29(10-12-30)24-22-8-7-21(35-16-14-33-2)17-23(22)26-18-27-24/h3-8,17-18H,9-16H2,1-2H3,(H,28,31). The van der Waals surface area contributed by atoms with Crippen molar-refractivity contribution in [1.29, 1.82) is 0 Å². The second kappa shape index (κ2) is 12.2. The molecule has 2 aromatic carbocycles. The Morgan fingerprint density at radius 2 is 1.51 bits per heavy atom. The molecule has 1 N–H and O–H groups in total.